The van der Waals surface area contributed by atoms with Crippen molar-refractivity contribution in [3.63, 3.8) is 0 Å². The van der Waals surface area contributed by atoms with Crippen LogP contribution in [0.15, 0.2) is 264 Å². The van der Waals surface area contributed by atoms with Crippen LogP contribution < -0.4 is 10.1 Å². The molecule has 3 fully saturated rings. The van der Waals surface area contributed by atoms with Gasteiger partial charge in [-0.2, -0.15) is 0 Å². The molecule has 0 radical (unpaired) electrons. The Balaban J connectivity index is 0.000000158. The van der Waals surface area contributed by atoms with E-state index in [0.717, 1.165) is 64.8 Å². The minimum atomic E-state index is -1.10. The quantitative estimate of drug-likeness (QED) is 0.0799. The van der Waals surface area contributed by atoms with Gasteiger partial charge in [-0.05, 0) is 125 Å². The second-order valence-electron chi connectivity index (χ2n) is 24.4. The van der Waals surface area contributed by atoms with Gasteiger partial charge in [0.05, 0.1) is 23.4 Å². The Morgan fingerprint density at radius 1 is 0.378 bits per heavy atom. The molecule has 6 atom stereocenters. The van der Waals surface area contributed by atoms with Crippen molar-refractivity contribution in [2.24, 2.45) is 16.2 Å². The molecule has 12 rings (SSSR count). The van der Waals surface area contributed by atoms with Gasteiger partial charge in [-0.3, -0.25) is 43.9 Å². The van der Waals surface area contributed by atoms with Crippen molar-refractivity contribution in [3.05, 3.63) is 314 Å². The number of halogens is 2. The zero-order valence-electron chi connectivity index (χ0n) is 51.6. The average molecular weight is 1320 g/mol. The van der Waals surface area contributed by atoms with E-state index in [4.69, 9.17) is 4.74 Å². The molecule has 90 heavy (non-hydrogen) atoms. The summed E-state index contributed by atoms with van der Waals surface area (Å²) in [6.07, 6.45) is 0.549. The minimum absolute atomic E-state index is 0.0158. The van der Waals surface area contributed by atoms with Crippen LogP contribution in [0.25, 0.3) is 0 Å². The normalized spacial score (nSPS) is 20.1. The molecule has 3 saturated heterocycles. The summed E-state index contributed by atoms with van der Waals surface area (Å²) in [6.45, 7) is 11.8. The first kappa shape index (κ1) is 64.2. The van der Waals surface area contributed by atoms with E-state index in [2.05, 4.69) is 37.2 Å². The number of likely N-dealkylation sites (tertiary alicyclic amines) is 2. The maximum atomic E-state index is 14.6. The lowest BCUT2D eigenvalue weighted by atomic mass is 9.72. The van der Waals surface area contributed by atoms with Crippen molar-refractivity contribution in [2.75, 3.05) is 7.11 Å². The number of rotatable bonds is 15. The van der Waals surface area contributed by atoms with Crippen molar-refractivity contribution in [1.29, 1.82) is 0 Å². The first-order chi connectivity index (χ1) is 43.2. The fourth-order valence-corrected chi connectivity index (χ4v) is 14.0. The maximum absolute atomic E-state index is 14.6. The second kappa shape index (κ2) is 26.7. The molecule has 10 nitrogen and oxygen atoms in total. The SMILES string of the molecule is COc1ccc([C@@H](C)[C@]2(C)CC(=O)N(C(c3ccccc3)(c3ccccc3)c3ccccc3)C2=O)cc1.C[C@H](c1ccc(Br)cc1)[C@]1(C)CC(=O)N(C(c2ccccc2)(c2ccccc2)c2ccccc2)C1=O.C[C@H](c1ccc(Br)cc1)[C@]1(C)CC(=O)NC1=O. The summed E-state index contributed by atoms with van der Waals surface area (Å²) >= 11 is 6.88. The highest BCUT2D eigenvalue weighted by Gasteiger charge is 2.61. The fraction of sp³-hybridized carbons (Fsp3) is 0.231. The van der Waals surface area contributed by atoms with E-state index in [9.17, 15) is 28.8 Å². The molecule has 9 aromatic rings. The summed E-state index contributed by atoms with van der Waals surface area (Å²) in [5, 5.41) is 2.38. The molecule has 9 aromatic carbocycles. The van der Waals surface area contributed by atoms with Crippen molar-refractivity contribution >= 4 is 67.3 Å². The number of hydrogen-bond donors (Lipinski definition) is 1. The summed E-state index contributed by atoms with van der Waals surface area (Å²) in [4.78, 5) is 83.6. The first-order valence-electron chi connectivity index (χ1n) is 30.3. The largest absolute Gasteiger partial charge is 0.497 e. The van der Waals surface area contributed by atoms with E-state index in [1.165, 1.54) is 4.90 Å². The molecular formula is C78H73Br2N3O7. The predicted molar refractivity (Wildman–Crippen MR) is 360 cm³/mol. The van der Waals surface area contributed by atoms with Crippen molar-refractivity contribution in [2.45, 2.75) is 89.6 Å². The number of nitrogens with zero attached hydrogens (tertiary/aromatic N) is 2. The molecule has 0 aliphatic carbocycles. The highest BCUT2D eigenvalue weighted by molar-refractivity contribution is 9.10. The Bertz CT molecular complexity index is 3820. The Hall–Kier alpha value is -8.84. The number of nitrogens with one attached hydrogen (secondary N) is 1. The van der Waals surface area contributed by atoms with E-state index in [1.807, 2.05) is 296 Å². The Morgan fingerprint density at radius 2 is 0.633 bits per heavy atom. The van der Waals surface area contributed by atoms with Gasteiger partial charge in [-0.25, -0.2) is 0 Å². The average Bonchev–Trinajstić information content (AvgIpc) is 1.46. The third-order valence-corrected chi connectivity index (χ3v) is 20.3. The van der Waals surface area contributed by atoms with Crippen LogP contribution in [0.2, 0.25) is 0 Å². The molecular weight excluding hydrogens is 1250 g/mol. The maximum Gasteiger partial charge on any atom is 0.237 e. The molecule has 1 N–H and O–H groups in total. The van der Waals surface area contributed by atoms with E-state index in [1.54, 1.807) is 12.0 Å². The molecule has 0 bridgehead atoms. The number of methoxy groups -OCH3 is 1. The molecule has 0 saturated carbocycles. The molecule has 12 heteroatoms. The third-order valence-electron chi connectivity index (χ3n) is 19.3. The Kier molecular flexibility index (Phi) is 19.0. The smallest absolute Gasteiger partial charge is 0.237 e. The van der Waals surface area contributed by atoms with Crippen LogP contribution in [-0.4, -0.2) is 52.4 Å². The van der Waals surface area contributed by atoms with Gasteiger partial charge in [0.15, 0.2) is 0 Å². The first-order valence-corrected chi connectivity index (χ1v) is 31.9. The summed E-state index contributed by atoms with van der Waals surface area (Å²) in [7, 11) is 1.63. The van der Waals surface area contributed by atoms with Crippen LogP contribution in [0.5, 0.6) is 5.75 Å². The Labute approximate surface area is 545 Å². The predicted octanol–water partition coefficient (Wildman–Crippen LogP) is 16.5. The summed E-state index contributed by atoms with van der Waals surface area (Å²) in [5.41, 5.74) is 3.74. The van der Waals surface area contributed by atoms with Crippen LogP contribution in [0.3, 0.4) is 0 Å². The number of benzene rings is 9. The van der Waals surface area contributed by atoms with Crippen molar-refractivity contribution < 1.29 is 33.5 Å². The Morgan fingerprint density at radius 3 is 0.878 bits per heavy atom. The van der Waals surface area contributed by atoms with Crippen LogP contribution in [0.1, 0.15) is 129 Å². The molecule has 3 heterocycles. The molecule has 3 aliphatic heterocycles. The third kappa shape index (κ3) is 11.8. The highest BCUT2D eigenvalue weighted by atomic mass is 79.9. The van der Waals surface area contributed by atoms with Crippen LogP contribution in [0, 0.1) is 16.2 Å². The highest BCUT2D eigenvalue weighted by Crippen LogP contribution is 2.55. The van der Waals surface area contributed by atoms with Crippen LogP contribution >= 0.6 is 31.9 Å². The molecule has 6 amide bonds. The van der Waals surface area contributed by atoms with E-state index >= 15 is 0 Å². The van der Waals surface area contributed by atoms with Gasteiger partial charge >= 0.3 is 0 Å². The minimum Gasteiger partial charge on any atom is -0.497 e. The molecule has 3 aliphatic rings. The molecule has 0 spiro atoms. The van der Waals surface area contributed by atoms with Gasteiger partial charge in [-0.1, -0.05) is 271 Å². The monoisotopic (exact) mass is 1320 g/mol. The topological polar surface area (TPSA) is 130 Å². The van der Waals surface area contributed by atoms with Crippen LogP contribution in [0.4, 0.5) is 0 Å². The number of imide groups is 3. The van der Waals surface area contributed by atoms with Gasteiger partial charge in [-0.15, -0.1) is 0 Å². The summed E-state index contributed by atoms with van der Waals surface area (Å²) in [5.74, 6) is -0.564. The van der Waals surface area contributed by atoms with E-state index < -0.39 is 27.3 Å². The number of carbonyl (C=O) groups is 6. The van der Waals surface area contributed by atoms with Crippen molar-refractivity contribution in [1.82, 2.24) is 15.1 Å². The lowest BCUT2D eigenvalue weighted by Gasteiger charge is -2.43. The zero-order chi connectivity index (χ0) is 64.0. The van der Waals surface area contributed by atoms with Gasteiger partial charge in [0.2, 0.25) is 35.4 Å². The lowest BCUT2D eigenvalue weighted by Crippen LogP contribution is -2.52. The van der Waals surface area contributed by atoms with Gasteiger partial charge in [0.1, 0.15) is 16.8 Å². The number of amides is 6. The number of carbonyl (C=O) groups excluding carboxylic acids is 6. The summed E-state index contributed by atoms with van der Waals surface area (Å²) in [6, 6.07) is 83.0. The fourth-order valence-electron chi connectivity index (χ4n) is 13.5. The van der Waals surface area contributed by atoms with Gasteiger partial charge in [0, 0.05) is 28.2 Å². The van der Waals surface area contributed by atoms with Crippen molar-refractivity contribution in [3.8, 4) is 5.75 Å². The standard InChI is InChI=1S/C33H31NO3.C32H28BrNO2.C13H14BrNO2/c1-24(25-19-21-29(37-3)22-20-25)32(2)23-30(35)34(31(32)36)33(26-13-7-4-8-14-26,27-15-9-5-10-16-27)28-17-11-6-12-18-28;1-23(24-18-20-28(33)21-19-24)31(2)22-29(35)34(30(31)36)32(25-12-6-3-7-13-25,26-14-8-4-9-15-26)27-16-10-5-11-17-27;1-8(9-3-5-10(14)6-4-9)13(2)7-11(16)15-12(13)17/h4-22,24H,23H2,1-3H3;3-21,23H,22H2,1-2H3;3-6,8H,7H2,1-2H3,(H,15,16,17)/t24-,32+;23-,31+;8-,13+/m111/s1. The molecule has 0 aromatic heterocycles. The van der Waals surface area contributed by atoms with E-state index in [-0.39, 0.29) is 72.5 Å². The van der Waals surface area contributed by atoms with Gasteiger partial charge in [0.25, 0.3) is 0 Å². The lowest BCUT2D eigenvalue weighted by molar-refractivity contribution is -0.147. The molecule has 0 unspecified atom stereocenters. The van der Waals surface area contributed by atoms with Crippen LogP contribution in [-0.2, 0) is 39.8 Å². The zero-order valence-corrected chi connectivity index (χ0v) is 54.8. The second-order valence-corrected chi connectivity index (χ2v) is 26.2. The molecule has 456 valence electrons. The van der Waals surface area contributed by atoms with E-state index in [0.29, 0.717) is 0 Å². The number of hydrogen-bond acceptors (Lipinski definition) is 7. The number of ether oxygens (including phenoxy) is 1. The summed E-state index contributed by atoms with van der Waals surface area (Å²) < 4.78 is 7.30. The van der Waals surface area contributed by atoms with Gasteiger partial charge < -0.3 is 4.74 Å².